The molecular weight excluding hydrogens is 242 g/mol. The minimum atomic E-state index is -0.974. The molecule has 0 bridgehead atoms. The molecule has 1 amide bonds. The smallest absolute Gasteiger partial charge is 0.336 e. The highest BCUT2D eigenvalue weighted by molar-refractivity contribution is 5.96. The van der Waals surface area contributed by atoms with Crippen LogP contribution in [0.5, 0.6) is 0 Å². The lowest BCUT2D eigenvalue weighted by Gasteiger charge is -2.30. The topological polar surface area (TPSA) is 57.6 Å². The van der Waals surface area contributed by atoms with E-state index in [-0.39, 0.29) is 16.9 Å². The predicted molar refractivity (Wildman–Crippen MR) is 75.6 cm³/mol. The predicted octanol–water partition coefficient (Wildman–Crippen LogP) is 3.09. The molecule has 0 saturated heterocycles. The van der Waals surface area contributed by atoms with Crippen molar-refractivity contribution in [2.45, 2.75) is 34.6 Å². The van der Waals surface area contributed by atoms with E-state index in [1.165, 1.54) is 6.92 Å². The van der Waals surface area contributed by atoms with Crippen molar-refractivity contribution in [3.8, 4) is 0 Å². The van der Waals surface area contributed by atoms with Crippen molar-refractivity contribution < 1.29 is 14.7 Å². The Hall–Kier alpha value is -1.84. The van der Waals surface area contributed by atoms with Crippen LogP contribution in [0.2, 0.25) is 0 Å². The van der Waals surface area contributed by atoms with E-state index in [2.05, 4.69) is 0 Å². The van der Waals surface area contributed by atoms with Crippen LogP contribution in [0.25, 0.3) is 0 Å². The Morgan fingerprint density at radius 1 is 1.26 bits per heavy atom. The van der Waals surface area contributed by atoms with E-state index in [4.69, 9.17) is 5.11 Å². The van der Waals surface area contributed by atoms with Gasteiger partial charge in [-0.05, 0) is 30.0 Å². The van der Waals surface area contributed by atoms with Crippen molar-refractivity contribution in [1.82, 2.24) is 0 Å². The summed E-state index contributed by atoms with van der Waals surface area (Å²) in [5, 5.41) is 9.14. The van der Waals surface area contributed by atoms with Gasteiger partial charge in [-0.2, -0.15) is 0 Å². The number of carboxylic acid groups (broad SMARTS) is 1. The summed E-state index contributed by atoms with van der Waals surface area (Å²) in [4.78, 5) is 24.6. The van der Waals surface area contributed by atoms with Gasteiger partial charge in [-0.3, -0.25) is 4.79 Å². The summed E-state index contributed by atoms with van der Waals surface area (Å²) in [6, 6.07) is 5.01. The highest BCUT2D eigenvalue weighted by Gasteiger charge is 2.22. The average molecular weight is 263 g/mol. The molecule has 0 unspecified atom stereocenters. The second kappa shape index (κ2) is 5.43. The Labute approximate surface area is 114 Å². The standard InChI is InChI=1S/C15H21NO3/c1-10-12(14(18)19)7-6-8-13(10)16(11(2)17)9-15(3,4)5/h6-8H,9H2,1-5H3,(H,18,19). The lowest BCUT2D eigenvalue weighted by molar-refractivity contribution is -0.116. The Morgan fingerprint density at radius 2 is 1.84 bits per heavy atom. The summed E-state index contributed by atoms with van der Waals surface area (Å²) >= 11 is 0. The van der Waals surface area contributed by atoms with Gasteiger partial charge >= 0.3 is 5.97 Å². The van der Waals surface area contributed by atoms with E-state index in [0.717, 1.165) is 0 Å². The first-order chi connectivity index (χ1) is 8.63. The van der Waals surface area contributed by atoms with E-state index in [0.29, 0.717) is 17.8 Å². The lowest BCUT2D eigenvalue weighted by atomic mass is 9.95. The summed E-state index contributed by atoms with van der Waals surface area (Å²) < 4.78 is 0. The fourth-order valence-electron chi connectivity index (χ4n) is 1.99. The fraction of sp³-hybridized carbons (Fsp3) is 0.467. The van der Waals surface area contributed by atoms with Gasteiger partial charge < -0.3 is 10.0 Å². The van der Waals surface area contributed by atoms with E-state index in [1.807, 2.05) is 20.8 Å². The molecule has 4 nitrogen and oxygen atoms in total. The van der Waals surface area contributed by atoms with E-state index in [9.17, 15) is 9.59 Å². The van der Waals surface area contributed by atoms with Gasteiger partial charge in [-0.25, -0.2) is 4.79 Å². The number of aromatic carboxylic acids is 1. The number of anilines is 1. The SMILES string of the molecule is CC(=O)N(CC(C)(C)C)c1cccc(C(=O)O)c1C. The summed E-state index contributed by atoms with van der Waals surface area (Å²) in [6.45, 7) is 9.90. The maximum Gasteiger partial charge on any atom is 0.336 e. The van der Waals surface area contributed by atoms with Crippen molar-refractivity contribution in [2.75, 3.05) is 11.4 Å². The summed E-state index contributed by atoms with van der Waals surface area (Å²) in [7, 11) is 0. The van der Waals surface area contributed by atoms with E-state index < -0.39 is 5.97 Å². The second-order valence-electron chi connectivity index (χ2n) is 5.92. The molecule has 0 aromatic heterocycles. The maximum absolute atomic E-state index is 11.8. The van der Waals surface area contributed by atoms with Crippen molar-refractivity contribution >= 4 is 17.6 Å². The molecule has 0 saturated carbocycles. The van der Waals surface area contributed by atoms with Crippen LogP contribution >= 0.6 is 0 Å². The van der Waals surface area contributed by atoms with Gasteiger partial charge in [0.05, 0.1) is 5.56 Å². The highest BCUT2D eigenvalue weighted by atomic mass is 16.4. The van der Waals surface area contributed by atoms with Crippen LogP contribution in [0.1, 0.15) is 43.6 Å². The molecule has 1 aromatic rings. The zero-order chi connectivity index (χ0) is 14.8. The van der Waals surface area contributed by atoms with Crippen molar-refractivity contribution in [1.29, 1.82) is 0 Å². The van der Waals surface area contributed by atoms with Crippen LogP contribution in [0.15, 0.2) is 18.2 Å². The average Bonchev–Trinajstić information content (AvgIpc) is 2.24. The summed E-state index contributed by atoms with van der Waals surface area (Å²) in [5.41, 5.74) is 1.46. The van der Waals surface area contributed by atoms with Gasteiger partial charge in [-0.1, -0.05) is 26.8 Å². The summed E-state index contributed by atoms with van der Waals surface area (Å²) in [5.74, 6) is -1.06. The quantitative estimate of drug-likeness (QED) is 0.911. The van der Waals surface area contributed by atoms with Crippen LogP contribution < -0.4 is 4.90 Å². The number of rotatable bonds is 3. The number of amides is 1. The molecule has 0 aliphatic carbocycles. The van der Waals surface area contributed by atoms with Crippen LogP contribution in [-0.4, -0.2) is 23.5 Å². The Bertz CT molecular complexity index is 501. The molecule has 0 aliphatic rings. The van der Waals surface area contributed by atoms with Gasteiger partial charge in [0.15, 0.2) is 0 Å². The van der Waals surface area contributed by atoms with Gasteiger partial charge in [0.2, 0.25) is 5.91 Å². The van der Waals surface area contributed by atoms with Crippen molar-refractivity contribution in [3.63, 3.8) is 0 Å². The first-order valence-electron chi connectivity index (χ1n) is 6.24. The van der Waals surface area contributed by atoms with Gasteiger partial charge in [0, 0.05) is 19.2 Å². The highest BCUT2D eigenvalue weighted by Crippen LogP contribution is 2.27. The number of carboxylic acids is 1. The van der Waals surface area contributed by atoms with Crippen LogP contribution in [0, 0.1) is 12.3 Å². The fourth-order valence-corrected chi connectivity index (χ4v) is 1.99. The Morgan fingerprint density at radius 3 is 2.26 bits per heavy atom. The normalized spacial score (nSPS) is 11.2. The third-order valence-electron chi connectivity index (χ3n) is 2.84. The van der Waals surface area contributed by atoms with Crippen LogP contribution in [0.4, 0.5) is 5.69 Å². The Kier molecular flexibility index (Phi) is 4.35. The Balaban J connectivity index is 3.28. The molecule has 1 aromatic carbocycles. The molecule has 0 atom stereocenters. The molecule has 0 radical (unpaired) electrons. The molecule has 0 spiro atoms. The zero-order valence-electron chi connectivity index (χ0n) is 12.2. The molecule has 1 N–H and O–H groups in total. The van der Waals surface area contributed by atoms with Crippen LogP contribution in [-0.2, 0) is 4.79 Å². The molecular formula is C15H21NO3. The van der Waals surface area contributed by atoms with Gasteiger partial charge in [0.25, 0.3) is 0 Å². The number of hydrogen-bond acceptors (Lipinski definition) is 2. The molecule has 0 aliphatic heterocycles. The van der Waals surface area contributed by atoms with Crippen LogP contribution in [0.3, 0.4) is 0 Å². The number of benzene rings is 1. The third-order valence-corrected chi connectivity index (χ3v) is 2.84. The molecule has 1 rings (SSSR count). The second-order valence-corrected chi connectivity index (χ2v) is 5.92. The molecule has 104 valence electrons. The van der Waals surface area contributed by atoms with E-state index in [1.54, 1.807) is 30.0 Å². The van der Waals surface area contributed by atoms with E-state index >= 15 is 0 Å². The first-order valence-corrected chi connectivity index (χ1v) is 6.24. The number of nitrogens with zero attached hydrogens (tertiary/aromatic N) is 1. The molecule has 0 fully saturated rings. The molecule has 0 heterocycles. The van der Waals surface area contributed by atoms with Gasteiger partial charge in [-0.15, -0.1) is 0 Å². The molecule has 4 heteroatoms. The number of hydrogen-bond donors (Lipinski definition) is 1. The third kappa shape index (κ3) is 3.81. The zero-order valence-corrected chi connectivity index (χ0v) is 12.2. The minimum absolute atomic E-state index is 0.0582. The maximum atomic E-state index is 11.8. The first kappa shape index (κ1) is 15.2. The summed E-state index contributed by atoms with van der Waals surface area (Å²) in [6.07, 6.45) is 0. The van der Waals surface area contributed by atoms with Gasteiger partial charge in [0.1, 0.15) is 0 Å². The number of carbonyl (C=O) groups is 2. The minimum Gasteiger partial charge on any atom is -0.478 e. The number of carbonyl (C=O) groups excluding carboxylic acids is 1. The largest absolute Gasteiger partial charge is 0.478 e. The van der Waals surface area contributed by atoms with Crippen molar-refractivity contribution in [2.24, 2.45) is 5.41 Å². The monoisotopic (exact) mass is 263 g/mol. The molecule has 19 heavy (non-hydrogen) atoms. The lowest BCUT2D eigenvalue weighted by Crippen LogP contribution is -2.37. The van der Waals surface area contributed by atoms with Crippen molar-refractivity contribution in [3.05, 3.63) is 29.3 Å².